The lowest BCUT2D eigenvalue weighted by Crippen LogP contribution is -2.29. The van der Waals surface area contributed by atoms with Gasteiger partial charge in [0.1, 0.15) is 5.75 Å². The molecule has 0 radical (unpaired) electrons. The SMILES string of the molecule is COc1cc(OC)c(C(C)(C)N)cc1F. The second kappa shape index (κ2) is 4.06. The summed E-state index contributed by atoms with van der Waals surface area (Å²) in [7, 11) is 2.92. The number of halogens is 1. The average molecular weight is 213 g/mol. The van der Waals surface area contributed by atoms with Crippen molar-refractivity contribution in [3.05, 3.63) is 23.5 Å². The number of rotatable bonds is 3. The number of hydrogen-bond acceptors (Lipinski definition) is 3. The zero-order chi connectivity index (χ0) is 11.6. The van der Waals surface area contributed by atoms with Gasteiger partial charge in [0, 0.05) is 17.2 Å². The Bertz CT molecular complexity index is 358. The van der Waals surface area contributed by atoms with Gasteiger partial charge in [-0.25, -0.2) is 4.39 Å². The number of ether oxygens (including phenoxy) is 2. The van der Waals surface area contributed by atoms with Crippen LogP contribution in [0.15, 0.2) is 12.1 Å². The first-order valence-electron chi connectivity index (χ1n) is 4.61. The van der Waals surface area contributed by atoms with Crippen LogP contribution in [0.3, 0.4) is 0 Å². The van der Waals surface area contributed by atoms with Crippen molar-refractivity contribution in [2.45, 2.75) is 19.4 Å². The highest BCUT2D eigenvalue weighted by atomic mass is 19.1. The molecule has 2 N–H and O–H groups in total. The third kappa shape index (κ3) is 2.39. The molecule has 0 saturated carbocycles. The van der Waals surface area contributed by atoms with Gasteiger partial charge in [-0.2, -0.15) is 0 Å². The first kappa shape index (κ1) is 11.8. The van der Waals surface area contributed by atoms with Gasteiger partial charge in [-0.05, 0) is 19.9 Å². The Labute approximate surface area is 89.0 Å². The van der Waals surface area contributed by atoms with E-state index in [0.717, 1.165) is 0 Å². The van der Waals surface area contributed by atoms with E-state index in [1.54, 1.807) is 13.8 Å². The molecule has 0 spiro atoms. The first-order valence-corrected chi connectivity index (χ1v) is 4.61. The van der Waals surface area contributed by atoms with Crippen LogP contribution in [0.25, 0.3) is 0 Å². The van der Waals surface area contributed by atoms with E-state index < -0.39 is 11.4 Å². The first-order chi connectivity index (χ1) is 6.90. The number of benzene rings is 1. The van der Waals surface area contributed by atoms with Gasteiger partial charge >= 0.3 is 0 Å². The molecule has 84 valence electrons. The molecule has 0 aliphatic rings. The van der Waals surface area contributed by atoms with Gasteiger partial charge in [-0.1, -0.05) is 0 Å². The Morgan fingerprint density at radius 3 is 2.07 bits per heavy atom. The molecule has 0 heterocycles. The summed E-state index contributed by atoms with van der Waals surface area (Å²) in [5.41, 5.74) is 5.87. The van der Waals surface area contributed by atoms with E-state index in [2.05, 4.69) is 0 Å². The Kier molecular flexibility index (Phi) is 3.19. The molecule has 4 heteroatoms. The fourth-order valence-electron chi connectivity index (χ4n) is 1.36. The molecule has 0 atom stereocenters. The predicted octanol–water partition coefficient (Wildman–Crippen LogP) is 2.04. The Morgan fingerprint density at radius 1 is 1.13 bits per heavy atom. The van der Waals surface area contributed by atoms with Gasteiger partial charge < -0.3 is 15.2 Å². The van der Waals surface area contributed by atoms with Crippen molar-refractivity contribution in [3.8, 4) is 11.5 Å². The maximum atomic E-state index is 13.5. The molecule has 0 bridgehead atoms. The van der Waals surface area contributed by atoms with Crippen molar-refractivity contribution >= 4 is 0 Å². The Morgan fingerprint density at radius 2 is 1.67 bits per heavy atom. The minimum absolute atomic E-state index is 0.153. The Balaban J connectivity index is 3.34. The van der Waals surface area contributed by atoms with E-state index in [-0.39, 0.29) is 5.75 Å². The summed E-state index contributed by atoms with van der Waals surface area (Å²) in [6.45, 7) is 3.58. The van der Waals surface area contributed by atoms with Crippen LogP contribution in [0.4, 0.5) is 4.39 Å². The van der Waals surface area contributed by atoms with E-state index in [1.165, 1.54) is 26.4 Å². The maximum absolute atomic E-state index is 13.5. The van der Waals surface area contributed by atoms with Crippen LogP contribution in [0, 0.1) is 5.82 Å². The molecule has 15 heavy (non-hydrogen) atoms. The summed E-state index contributed by atoms with van der Waals surface area (Å²) in [6.07, 6.45) is 0. The van der Waals surface area contributed by atoms with Crippen molar-refractivity contribution in [1.82, 2.24) is 0 Å². The minimum Gasteiger partial charge on any atom is -0.496 e. The summed E-state index contributed by atoms with van der Waals surface area (Å²) in [5, 5.41) is 0. The van der Waals surface area contributed by atoms with Crippen LogP contribution in [-0.2, 0) is 5.54 Å². The van der Waals surface area contributed by atoms with Crippen LogP contribution in [-0.4, -0.2) is 14.2 Å². The standard InChI is InChI=1S/C11H16FNO2/c1-11(2,13)7-5-8(12)10(15-4)6-9(7)14-3/h5-6H,13H2,1-4H3. The molecule has 0 aliphatic heterocycles. The van der Waals surface area contributed by atoms with E-state index >= 15 is 0 Å². The fourth-order valence-corrected chi connectivity index (χ4v) is 1.36. The molecule has 0 amide bonds. The summed E-state index contributed by atoms with van der Waals surface area (Å²) >= 11 is 0. The molecule has 1 rings (SSSR count). The largest absolute Gasteiger partial charge is 0.496 e. The molecular weight excluding hydrogens is 197 g/mol. The second-order valence-corrected chi connectivity index (χ2v) is 3.91. The lowest BCUT2D eigenvalue weighted by atomic mass is 9.94. The Hall–Kier alpha value is -1.29. The summed E-state index contributed by atoms with van der Waals surface area (Å²) in [4.78, 5) is 0. The summed E-state index contributed by atoms with van der Waals surface area (Å²) in [6, 6.07) is 2.84. The van der Waals surface area contributed by atoms with Crippen molar-refractivity contribution in [2.24, 2.45) is 5.73 Å². The van der Waals surface area contributed by atoms with Gasteiger partial charge in [-0.15, -0.1) is 0 Å². The third-order valence-electron chi connectivity index (χ3n) is 2.17. The zero-order valence-electron chi connectivity index (χ0n) is 9.43. The number of nitrogens with two attached hydrogens (primary N) is 1. The van der Waals surface area contributed by atoms with Crippen LogP contribution in [0.5, 0.6) is 11.5 Å². The van der Waals surface area contributed by atoms with Gasteiger partial charge in [0.2, 0.25) is 0 Å². The van der Waals surface area contributed by atoms with Gasteiger partial charge in [0.05, 0.1) is 14.2 Å². The fraction of sp³-hybridized carbons (Fsp3) is 0.455. The smallest absolute Gasteiger partial charge is 0.165 e. The van der Waals surface area contributed by atoms with Crippen molar-refractivity contribution < 1.29 is 13.9 Å². The van der Waals surface area contributed by atoms with Crippen LogP contribution in [0.1, 0.15) is 19.4 Å². The monoisotopic (exact) mass is 213 g/mol. The van der Waals surface area contributed by atoms with Crippen LogP contribution in [0.2, 0.25) is 0 Å². The van der Waals surface area contributed by atoms with Gasteiger partial charge in [0.25, 0.3) is 0 Å². The van der Waals surface area contributed by atoms with Gasteiger partial charge in [0.15, 0.2) is 11.6 Å². The predicted molar refractivity (Wildman–Crippen MR) is 56.7 cm³/mol. The highest BCUT2D eigenvalue weighted by molar-refractivity contribution is 5.44. The third-order valence-corrected chi connectivity index (χ3v) is 2.17. The lowest BCUT2D eigenvalue weighted by Gasteiger charge is -2.22. The highest BCUT2D eigenvalue weighted by Gasteiger charge is 2.22. The molecule has 1 aromatic rings. The molecular formula is C11H16FNO2. The molecule has 0 aliphatic carbocycles. The topological polar surface area (TPSA) is 44.5 Å². The quantitative estimate of drug-likeness (QED) is 0.835. The number of hydrogen-bond donors (Lipinski definition) is 1. The molecule has 0 saturated heterocycles. The van der Waals surface area contributed by atoms with E-state index in [9.17, 15) is 4.39 Å². The minimum atomic E-state index is -0.654. The summed E-state index contributed by atoms with van der Waals surface area (Å²) in [5.74, 6) is 0.243. The molecule has 1 aromatic carbocycles. The normalized spacial score (nSPS) is 11.3. The lowest BCUT2D eigenvalue weighted by molar-refractivity contribution is 0.364. The van der Waals surface area contributed by atoms with E-state index in [1.807, 2.05) is 0 Å². The highest BCUT2D eigenvalue weighted by Crippen LogP contribution is 2.33. The number of methoxy groups -OCH3 is 2. The van der Waals surface area contributed by atoms with Gasteiger partial charge in [-0.3, -0.25) is 0 Å². The van der Waals surface area contributed by atoms with Crippen molar-refractivity contribution in [1.29, 1.82) is 0 Å². The van der Waals surface area contributed by atoms with E-state index in [4.69, 9.17) is 15.2 Å². The molecule has 0 aromatic heterocycles. The average Bonchev–Trinajstić information content (AvgIpc) is 2.16. The maximum Gasteiger partial charge on any atom is 0.165 e. The van der Waals surface area contributed by atoms with Crippen molar-refractivity contribution in [2.75, 3.05) is 14.2 Å². The van der Waals surface area contributed by atoms with Crippen molar-refractivity contribution in [3.63, 3.8) is 0 Å². The molecule has 0 fully saturated rings. The van der Waals surface area contributed by atoms with Crippen LogP contribution >= 0.6 is 0 Å². The summed E-state index contributed by atoms with van der Waals surface area (Å²) < 4.78 is 23.5. The zero-order valence-corrected chi connectivity index (χ0v) is 9.43. The molecule has 3 nitrogen and oxygen atoms in total. The second-order valence-electron chi connectivity index (χ2n) is 3.91. The molecule has 0 unspecified atom stereocenters. The van der Waals surface area contributed by atoms with Crippen LogP contribution < -0.4 is 15.2 Å². The van der Waals surface area contributed by atoms with E-state index in [0.29, 0.717) is 11.3 Å².